The Bertz CT molecular complexity index is 580. The number of benzene rings is 2. The van der Waals surface area contributed by atoms with Crippen molar-refractivity contribution in [2.75, 3.05) is 0 Å². The van der Waals surface area contributed by atoms with E-state index in [2.05, 4.69) is 81.4 Å². The summed E-state index contributed by atoms with van der Waals surface area (Å²) in [6.07, 6.45) is 0. The SMILES string of the molecule is Cc1[c-]c(C)c(C)c(C)c1C.Cc1[c-]c(C)c(C)c(C)c1C.[Li+]. The Labute approximate surface area is 155 Å². The third kappa shape index (κ3) is 5.00. The van der Waals surface area contributed by atoms with Gasteiger partial charge in [-0.2, -0.15) is 67.8 Å². The molecule has 0 radical (unpaired) electrons. The van der Waals surface area contributed by atoms with Gasteiger partial charge >= 0.3 is 18.9 Å². The average molecular weight is 301 g/mol. The van der Waals surface area contributed by atoms with Gasteiger partial charge < -0.3 is 0 Å². The van der Waals surface area contributed by atoms with Crippen LogP contribution in [0, 0.1) is 81.4 Å². The van der Waals surface area contributed by atoms with Gasteiger partial charge in [0.15, 0.2) is 0 Å². The molecule has 2 aromatic rings. The first kappa shape index (κ1) is 22.0. The Kier molecular flexibility index (Phi) is 8.40. The van der Waals surface area contributed by atoms with E-state index in [1.54, 1.807) is 0 Å². The van der Waals surface area contributed by atoms with Gasteiger partial charge in [0, 0.05) is 0 Å². The summed E-state index contributed by atoms with van der Waals surface area (Å²) in [4.78, 5) is 0. The molecule has 0 aliphatic carbocycles. The Morgan fingerprint density at radius 2 is 0.522 bits per heavy atom. The van der Waals surface area contributed by atoms with Gasteiger partial charge in [-0.05, 0) is 0 Å². The van der Waals surface area contributed by atoms with Crippen molar-refractivity contribution in [1.29, 1.82) is 0 Å². The maximum atomic E-state index is 3.35. The molecule has 0 saturated carbocycles. The summed E-state index contributed by atoms with van der Waals surface area (Å²) in [6, 6.07) is 6.70. The minimum atomic E-state index is 0. The molecular formula is C22H30Li-. The first-order valence-corrected chi connectivity index (χ1v) is 8.00. The van der Waals surface area contributed by atoms with E-state index in [9.17, 15) is 0 Å². The summed E-state index contributed by atoms with van der Waals surface area (Å²) in [5.74, 6) is 0. The molecule has 2 rings (SSSR count). The fraction of sp³-hybridized carbons (Fsp3) is 0.455. The van der Waals surface area contributed by atoms with Gasteiger partial charge in [0.05, 0.1) is 0 Å². The quantitative estimate of drug-likeness (QED) is 0.518. The normalized spacial score (nSPS) is 9.83. The van der Waals surface area contributed by atoms with Crippen LogP contribution in [0.25, 0.3) is 0 Å². The van der Waals surface area contributed by atoms with Crippen molar-refractivity contribution in [1.82, 2.24) is 0 Å². The van der Waals surface area contributed by atoms with Crippen LogP contribution >= 0.6 is 0 Å². The van der Waals surface area contributed by atoms with Gasteiger partial charge in [0.25, 0.3) is 0 Å². The molecule has 120 valence electrons. The second-order valence-corrected chi connectivity index (χ2v) is 6.50. The molecule has 2 aromatic carbocycles. The second kappa shape index (κ2) is 8.77. The zero-order valence-corrected chi connectivity index (χ0v) is 17.0. The molecule has 0 spiro atoms. The summed E-state index contributed by atoms with van der Waals surface area (Å²) in [7, 11) is 0. The van der Waals surface area contributed by atoms with E-state index >= 15 is 0 Å². The topological polar surface area (TPSA) is 0 Å². The van der Waals surface area contributed by atoms with Crippen LogP contribution in [0.15, 0.2) is 0 Å². The van der Waals surface area contributed by atoms with E-state index in [1.165, 1.54) is 55.6 Å². The third-order valence-electron chi connectivity index (χ3n) is 5.25. The van der Waals surface area contributed by atoms with Crippen LogP contribution in [0.1, 0.15) is 55.6 Å². The molecule has 0 bridgehead atoms. The molecule has 23 heavy (non-hydrogen) atoms. The van der Waals surface area contributed by atoms with Crippen LogP contribution in [-0.4, -0.2) is 0 Å². The molecule has 1 heteroatoms. The maximum absolute atomic E-state index is 3.35. The molecular weight excluding hydrogens is 271 g/mol. The van der Waals surface area contributed by atoms with Crippen LogP contribution in [-0.2, 0) is 0 Å². The van der Waals surface area contributed by atoms with Gasteiger partial charge in [0.1, 0.15) is 0 Å². The minimum Gasteiger partial charge on any atom is -0.177 e. The smallest absolute Gasteiger partial charge is 0.177 e. The fourth-order valence-electron chi connectivity index (χ4n) is 2.62. The maximum Gasteiger partial charge on any atom is 1.00 e. The summed E-state index contributed by atoms with van der Waals surface area (Å²) in [5.41, 5.74) is 13.5. The van der Waals surface area contributed by atoms with E-state index in [-0.39, 0.29) is 18.9 Å². The summed E-state index contributed by atoms with van der Waals surface area (Å²) in [6.45, 7) is 21.5. The van der Waals surface area contributed by atoms with Crippen LogP contribution in [0.4, 0.5) is 0 Å². The van der Waals surface area contributed by atoms with Crippen molar-refractivity contribution in [3.63, 3.8) is 0 Å². The van der Waals surface area contributed by atoms with Crippen molar-refractivity contribution in [3.8, 4) is 0 Å². The predicted molar refractivity (Wildman–Crippen MR) is 97.9 cm³/mol. The molecule has 0 atom stereocenters. The second-order valence-electron chi connectivity index (χ2n) is 6.50. The Morgan fingerprint density at radius 3 is 0.696 bits per heavy atom. The number of rotatable bonds is 0. The van der Waals surface area contributed by atoms with Crippen LogP contribution in [0.5, 0.6) is 0 Å². The zero-order valence-electron chi connectivity index (χ0n) is 17.0. The molecule has 0 aliphatic rings. The zero-order chi connectivity index (χ0) is 17.2. The largest absolute Gasteiger partial charge is 1.00 e. The van der Waals surface area contributed by atoms with Gasteiger partial charge in [0.2, 0.25) is 0 Å². The molecule has 0 aromatic heterocycles. The molecule has 0 fully saturated rings. The van der Waals surface area contributed by atoms with Crippen molar-refractivity contribution in [2.24, 2.45) is 0 Å². The Balaban J connectivity index is 0.000000403. The predicted octanol–water partition coefficient (Wildman–Crippen LogP) is 3.06. The molecule has 0 amide bonds. The Morgan fingerprint density at radius 1 is 0.348 bits per heavy atom. The molecule has 0 nitrogen and oxygen atoms in total. The summed E-state index contributed by atoms with van der Waals surface area (Å²) in [5, 5.41) is 0. The standard InChI is InChI=1S/2C11H15.Li/c2*1-7-6-8(2)10(4)11(5)9(7)3;/h2*1-5H3;/q2*-1;+1. The van der Waals surface area contributed by atoms with E-state index in [0.29, 0.717) is 0 Å². The average Bonchev–Trinajstić information content (AvgIpc) is 2.47. The summed E-state index contributed by atoms with van der Waals surface area (Å²) < 4.78 is 0. The Hall–Kier alpha value is -0.963. The molecule has 0 unspecified atom stereocenters. The van der Waals surface area contributed by atoms with Crippen molar-refractivity contribution in [2.45, 2.75) is 69.2 Å². The van der Waals surface area contributed by atoms with Crippen LogP contribution in [0.3, 0.4) is 0 Å². The number of hydrogen-bond acceptors (Lipinski definition) is 0. The number of aryl methyl sites for hydroxylation is 4. The van der Waals surface area contributed by atoms with E-state index in [1.807, 2.05) is 0 Å². The van der Waals surface area contributed by atoms with E-state index in [4.69, 9.17) is 0 Å². The molecule has 0 aliphatic heterocycles. The van der Waals surface area contributed by atoms with E-state index < -0.39 is 0 Å². The van der Waals surface area contributed by atoms with E-state index in [0.717, 1.165) is 0 Å². The monoisotopic (exact) mass is 301 g/mol. The van der Waals surface area contributed by atoms with Gasteiger partial charge in [-0.1, -0.05) is 69.2 Å². The first-order chi connectivity index (χ1) is 10.1. The van der Waals surface area contributed by atoms with Gasteiger partial charge in [-0.3, -0.25) is 0 Å². The third-order valence-corrected chi connectivity index (χ3v) is 5.25. The minimum absolute atomic E-state index is 0. The summed E-state index contributed by atoms with van der Waals surface area (Å²) >= 11 is 0. The molecule has 0 N–H and O–H groups in total. The fourth-order valence-corrected chi connectivity index (χ4v) is 2.62. The van der Waals surface area contributed by atoms with Gasteiger partial charge in [-0.25, -0.2) is 0 Å². The molecule has 0 heterocycles. The van der Waals surface area contributed by atoms with Crippen molar-refractivity contribution < 1.29 is 18.9 Å². The van der Waals surface area contributed by atoms with Crippen LogP contribution < -0.4 is 18.9 Å². The van der Waals surface area contributed by atoms with Crippen molar-refractivity contribution >= 4 is 0 Å². The van der Waals surface area contributed by atoms with Crippen LogP contribution in [0.2, 0.25) is 0 Å². The molecule has 0 saturated heterocycles. The first-order valence-electron chi connectivity index (χ1n) is 8.00. The number of hydrogen-bond donors (Lipinski definition) is 0. The van der Waals surface area contributed by atoms with Gasteiger partial charge in [-0.15, -0.1) is 0 Å². The van der Waals surface area contributed by atoms with Crippen molar-refractivity contribution in [3.05, 3.63) is 67.8 Å².